The molecule has 0 aromatic rings. The van der Waals surface area contributed by atoms with Crippen molar-refractivity contribution in [3.05, 3.63) is 0 Å². The van der Waals surface area contributed by atoms with Gasteiger partial charge in [-0.3, -0.25) is 14.4 Å². The maximum atomic E-state index is 13.0. The molecule has 7 saturated carbocycles. The van der Waals surface area contributed by atoms with Gasteiger partial charge in [-0.2, -0.15) is 0 Å². The summed E-state index contributed by atoms with van der Waals surface area (Å²) in [5.41, 5.74) is -2.18. The fraction of sp³-hybridized carbons (Fsp3) is 0.927. The molecular formula is C41H72O7. The van der Waals surface area contributed by atoms with E-state index in [1.165, 1.54) is 25.7 Å². The van der Waals surface area contributed by atoms with E-state index >= 15 is 0 Å². The minimum Gasteiger partial charge on any atom is -0.462 e. The molecule has 0 saturated heterocycles. The Morgan fingerprint density at radius 1 is 0.729 bits per heavy atom. The summed E-state index contributed by atoms with van der Waals surface area (Å²) in [7, 11) is 0. The Balaban J connectivity index is 0.000000263. The number of fused-ring (bicyclic) bond motifs is 2. The third-order valence-corrected chi connectivity index (χ3v) is 13.4. The minimum absolute atomic E-state index is 0. The van der Waals surface area contributed by atoms with Gasteiger partial charge in [0.15, 0.2) is 0 Å². The fourth-order valence-electron chi connectivity index (χ4n) is 10.1. The quantitative estimate of drug-likeness (QED) is 0.192. The monoisotopic (exact) mass is 677 g/mol. The summed E-state index contributed by atoms with van der Waals surface area (Å²) >= 11 is 0. The third kappa shape index (κ3) is 8.62. The lowest BCUT2D eigenvalue weighted by molar-refractivity contribution is -0.225. The van der Waals surface area contributed by atoms with Crippen molar-refractivity contribution in [2.24, 2.45) is 46.3 Å². The van der Waals surface area contributed by atoms with Crippen molar-refractivity contribution < 1.29 is 33.7 Å². The molecule has 6 bridgehead atoms. The number of esters is 3. The number of ether oxygens (including phenoxy) is 3. The van der Waals surface area contributed by atoms with Crippen LogP contribution in [0.4, 0.5) is 0 Å². The molecule has 6 atom stereocenters. The van der Waals surface area contributed by atoms with Gasteiger partial charge in [0.25, 0.3) is 0 Å². The van der Waals surface area contributed by atoms with Gasteiger partial charge in [-0.15, -0.1) is 0 Å². The molecule has 0 heterocycles. The zero-order valence-electron chi connectivity index (χ0n) is 30.3. The average Bonchev–Trinajstić information content (AvgIpc) is 3.57. The van der Waals surface area contributed by atoms with Gasteiger partial charge >= 0.3 is 17.9 Å². The third-order valence-electron chi connectivity index (χ3n) is 13.4. The van der Waals surface area contributed by atoms with Crippen molar-refractivity contribution in [1.29, 1.82) is 0 Å². The van der Waals surface area contributed by atoms with Gasteiger partial charge in [0.1, 0.15) is 17.3 Å². The summed E-state index contributed by atoms with van der Waals surface area (Å²) < 4.78 is 17.9. The van der Waals surface area contributed by atoms with E-state index in [0.29, 0.717) is 30.1 Å². The molecule has 7 aliphatic carbocycles. The molecule has 0 radical (unpaired) electrons. The largest absolute Gasteiger partial charge is 0.462 e. The first kappa shape index (κ1) is 40.8. The smallest absolute Gasteiger partial charge is 0.312 e. The number of hydrogen-bond donors (Lipinski definition) is 1. The van der Waals surface area contributed by atoms with E-state index in [1.807, 2.05) is 41.5 Å². The van der Waals surface area contributed by atoms with E-state index in [-0.39, 0.29) is 56.3 Å². The molecule has 7 heteroatoms. The maximum absolute atomic E-state index is 13.0. The van der Waals surface area contributed by atoms with Gasteiger partial charge in [0, 0.05) is 12.3 Å². The molecular weight excluding hydrogens is 604 g/mol. The molecule has 0 spiro atoms. The number of carbonyl (C=O) groups is 3. The van der Waals surface area contributed by atoms with E-state index in [0.717, 1.165) is 70.6 Å². The fourth-order valence-corrected chi connectivity index (χ4v) is 10.1. The summed E-state index contributed by atoms with van der Waals surface area (Å²) in [5, 5.41) is 10.6. The van der Waals surface area contributed by atoms with Gasteiger partial charge in [-0.25, -0.2) is 0 Å². The highest BCUT2D eigenvalue weighted by Gasteiger charge is 2.59. The second kappa shape index (κ2) is 14.9. The summed E-state index contributed by atoms with van der Waals surface area (Å²) in [6.45, 7) is 16.0. The number of rotatable bonds is 9. The van der Waals surface area contributed by atoms with Crippen molar-refractivity contribution >= 4 is 17.9 Å². The molecule has 0 amide bonds. The van der Waals surface area contributed by atoms with Gasteiger partial charge in [0.05, 0.1) is 22.3 Å². The first-order valence-electron chi connectivity index (χ1n) is 18.8. The zero-order valence-corrected chi connectivity index (χ0v) is 30.3. The highest BCUT2D eigenvalue weighted by Crippen LogP contribution is 2.59. The molecule has 0 aliphatic heterocycles. The lowest BCUT2D eigenvalue weighted by Crippen LogP contribution is -2.61. The summed E-state index contributed by atoms with van der Waals surface area (Å²) in [6, 6.07) is 0. The predicted octanol–water partition coefficient (Wildman–Crippen LogP) is 9.60. The molecule has 0 aromatic carbocycles. The number of aliphatic hydroxyl groups is 1. The average molecular weight is 677 g/mol. The minimum atomic E-state index is -0.555. The maximum Gasteiger partial charge on any atom is 0.312 e. The van der Waals surface area contributed by atoms with Crippen LogP contribution in [0.2, 0.25) is 0 Å². The lowest BCUT2D eigenvalue weighted by atomic mass is 9.52. The van der Waals surface area contributed by atoms with E-state index in [1.54, 1.807) is 0 Å². The molecule has 1 N–H and O–H groups in total. The van der Waals surface area contributed by atoms with Crippen LogP contribution in [0.25, 0.3) is 0 Å². The first-order chi connectivity index (χ1) is 21.4. The van der Waals surface area contributed by atoms with Crippen LogP contribution in [0.5, 0.6) is 0 Å². The Kier molecular flexibility index (Phi) is 12.7. The molecule has 48 heavy (non-hydrogen) atoms. The summed E-state index contributed by atoms with van der Waals surface area (Å²) in [4.78, 5) is 37.9. The van der Waals surface area contributed by atoms with Crippen molar-refractivity contribution in [2.45, 2.75) is 196 Å². The van der Waals surface area contributed by atoms with Crippen LogP contribution in [0.3, 0.4) is 0 Å². The summed E-state index contributed by atoms with van der Waals surface area (Å²) in [5.74, 6) is 1.84. The van der Waals surface area contributed by atoms with E-state index in [4.69, 9.17) is 14.2 Å². The SMILES string of the molecule is C.C.CCC(C)(C)C(=O)OC12CC3CC(CC(O)(C3)C1)C2.CCC(C)(C)C(=O)OC1CC2CC(C(=O)OC(C)(C)C3CCCCC3)C1C2. The lowest BCUT2D eigenvalue weighted by Gasteiger charge is -2.59. The van der Waals surface area contributed by atoms with Crippen LogP contribution < -0.4 is 0 Å². The Morgan fingerprint density at radius 3 is 1.81 bits per heavy atom. The molecule has 7 rings (SSSR count). The Bertz CT molecular complexity index is 1120. The molecule has 7 fully saturated rings. The first-order valence-corrected chi connectivity index (χ1v) is 18.8. The molecule has 0 aromatic heterocycles. The van der Waals surface area contributed by atoms with Crippen LogP contribution in [-0.2, 0) is 28.6 Å². The van der Waals surface area contributed by atoms with Crippen LogP contribution in [0.15, 0.2) is 0 Å². The van der Waals surface area contributed by atoms with Crippen LogP contribution in [0, 0.1) is 46.3 Å². The topological polar surface area (TPSA) is 99.1 Å². The van der Waals surface area contributed by atoms with Crippen LogP contribution in [-0.4, -0.2) is 45.9 Å². The Hall–Kier alpha value is -1.63. The summed E-state index contributed by atoms with van der Waals surface area (Å²) in [6.07, 6.45) is 16.0. The van der Waals surface area contributed by atoms with E-state index in [2.05, 4.69) is 13.8 Å². The molecule has 7 nitrogen and oxygen atoms in total. The van der Waals surface area contributed by atoms with Crippen LogP contribution >= 0.6 is 0 Å². The normalized spacial score (nSPS) is 35.4. The Morgan fingerprint density at radius 2 is 1.29 bits per heavy atom. The molecule has 7 aliphatic rings. The standard InChI is InChI=1S/C23H38O4.C16H26O3.2CH4/c1-6-22(2,3)21(25)26-19-14-15-12-17(19)18(13-15)20(24)27-23(4,5)16-10-8-7-9-11-16;1-4-14(2,3)13(17)19-16-8-11-5-12(9-16)7-15(18,6-11)10-16;;/h15-19H,6-14H2,1-5H3;11-12,18H,4-10H2,1-3H3;2*1H4. The van der Waals surface area contributed by atoms with Gasteiger partial charge in [-0.05, 0) is 142 Å². The highest BCUT2D eigenvalue weighted by atomic mass is 16.6. The number of hydrogen-bond acceptors (Lipinski definition) is 7. The number of carbonyl (C=O) groups excluding carboxylic acids is 3. The highest BCUT2D eigenvalue weighted by molar-refractivity contribution is 5.77. The van der Waals surface area contributed by atoms with Crippen molar-refractivity contribution in [3.8, 4) is 0 Å². The predicted molar refractivity (Wildman–Crippen MR) is 191 cm³/mol. The zero-order chi connectivity index (χ0) is 33.7. The second-order valence-electron chi connectivity index (χ2n) is 18.4. The molecule has 278 valence electrons. The molecule has 6 unspecified atom stereocenters. The van der Waals surface area contributed by atoms with Gasteiger partial charge in [-0.1, -0.05) is 48.0 Å². The van der Waals surface area contributed by atoms with Gasteiger partial charge < -0.3 is 19.3 Å². The Labute approximate surface area is 293 Å². The van der Waals surface area contributed by atoms with Crippen molar-refractivity contribution in [3.63, 3.8) is 0 Å². The van der Waals surface area contributed by atoms with E-state index in [9.17, 15) is 19.5 Å². The van der Waals surface area contributed by atoms with E-state index < -0.39 is 22.0 Å². The second-order valence-corrected chi connectivity index (χ2v) is 18.4. The van der Waals surface area contributed by atoms with Crippen molar-refractivity contribution in [2.75, 3.05) is 0 Å². The van der Waals surface area contributed by atoms with Crippen LogP contribution in [0.1, 0.15) is 173 Å². The van der Waals surface area contributed by atoms with Gasteiger partial charge in [0.2, 0.25) is 0 Å². The van der Waals surface area contributed by atoms with Crippen molar-refractivity contribution in [1.82, 2.24) is 0 Å².